The van der Waals surface area contributed by atoms with Crippen molar-refractivity contribution in [3.05, 3.63) is 11.6 Å². The Kier molecular flexibility index (Phi) is 7.76. The van der Waals surface area contributed by atoms with Gasteiger partial charge in [-0.2, -0.15) is 0 Å². The van der Waals surface area contributed by atoms with Gasteiger partial charge >= 0.3 is 0 Å². The van der Waals surface area contributed by atoms with Crippen LogP contribution in [0.15, 0.2) is 11.6 Å². The number of allylic oxidation sites excluding steroid dienone is 2. The molecule has 0 aromatic rings. The van der Waals surface area contributed by atoms with Gasteiger partial charge < -0.3 is 0 Å². The Labute approximate surface area is 127 Å². The fraction of sp³-hybridized carbons (Fsp3) is 0.900. The summed E-state index contributed by atoms with van der Waals surface area (Å²) in [5.74, 6) is 2.06. The summed E-state index contributed by atoms with van der Waals surface area (Å²) >= 11 is 0. The van der Waals surface area contributed by atoms with E-state index in [1.54, 1.807) is 0 Å². The van der Waals surface area contributed by atoms with Gasteiger partial charge in [0.2, 0.25) is 0 Å². The van der Waals surface area contributed by atoms with Crippen molar-refractivity contribution >= 4 is 0 Å². The van der Waals surface area contributed by atoms with Crippen LogP contribution in [0.2, 0.25) is 0 Å². The molecule has 0 aromatic heterocycles. The van der Waals surface area contributed by atoms with E-state index in [0.717, 1.165) is 11.8 Å². The minimum absolute atomic E-state index is 1.03. The predicted octanol–water partition coefficient (Wildman–Crippen LogP) is 7.04. The summed E-state index contributed by atoms with van der Waals surface area (Å²) in [6, 6.07) is 0. The molecule has 116 valence electrons. The van der Waals surface area contributed by atoms with E-state index in [1.807, 2.05) is 5.57 Å². The summed E-state index contributed by atoms with van der Waals surface area (Å²) in [5.41, 5.74) is 1.84. The second-order valence-corrected chi connectivity index (χ2v) is 7.42. The molecule has 0 bridgehead atoms. The Morgan fingerprint density at radius 3 is 1.75 bits per heavy atom. The molecule has 20 heavy (non-hydrogen) atoms. The molecule has 0 aromatic carbocycles. The van der Waals surface area contributed by atoms with E-state index in [0.29, 0.717) is 0 Å². The number of unbranched alkanes of at least 4 members (excludes halogenated alkanes) is 2. The lowest BCUT2D eigenvalue weighted by molar-refractivity contribution is 0.326. The van der Waals surface area contributed by atoms with Crippen LogP contribution in [-0.4, -0.2) is 0 Å². The molecule has 2 aliphatic rings. The van der Waals surface area contributed by atoms with Crippen LogP contribution in [0.5, 0.6) is 0 Å². The maximum absolute atomic E-state index is 2.65. The van der Waals surface area contributed by atoms with Crippen molar-refractivity contribution < 1.29 is 0 Å². The highest BCUT2D eigenvalue weighted by Crippen LogP contribution is 2.34. The molecule has 2 fully saturated rings. The molecule has 2 aliphatic carbocycles. The Balaban J connectivity index is 1.83. The highest BCUT2D eigenvalue weighted by molar-refractivity contribution is 5.05. The third kappa shape index (κ3) is 6.02. The fourth-order valence-electron chi connectivity index (χ4n) is 4.28. The van der Waals surface area contributed by atoms with Crippen LogP contribution >= 0.6 is 0 Å². The summed E-state index contributed by atoms with van der Waals surface area (Å²) in [7, 11) is 0. The lowest BCUT2D eigenvalue weighted by atomic mass is 9.79. The lowest BCUT2D eigenvalue weighted by Gasteiger charge is -2.27. The second-order valence-electron chi connectivity index (χ2n) is 7.42. The molecular formula is C20H36. The Hall–Kier alpha value is -0.260. The molecule has 0 unspecified atom stereocenters. The lowest BCUT2D eigenvalue weighted by Crippen LogP contribution is -2.11. The zero-order valence-corrected chi connectivity index (χ0v) is 13.8. The standard InChI is InChI=1S/C20H36/c1-2-3-6-15-20(16-18-11-7-4-8-12-18)17-19-13-9-5-10-14-19/h15,18-19H,2-14,16-17H2,1H3. The van der Waals surface area contributed by atoms with Crippen molar-refractivity contribution in [1.82, 2.24) is 0 Å². The van der Waals surface area contributed by atoms with Gasteiger partial charge in [0.15, 0.2) is 0 Å². The van der Waals surface area contributed by atoms with Crippen molar-refractivity contribution in [2.45, 2.75) is 103 Å². The summed E-state index contributed by atoms with van der Waals surface area (Å²) < 4.78 is 0. The number of hydrogen-bond acceptors (Lipinski definition) is 0. The smallest absolute Gasteiger partial charge is 0.0292 e. The van der Waals surface area contributed by atoms with E-state index in [4.69, 9.17) is 0 Å². The topological polar surface area (TPSA) is 0 Å². The molecule has 0 amide bonds. The summed E-state index contributed by atoms with van der Waals surface area (Å²) in [5, 5.41) is 0. The highest BCUT2D eigenvalue weighted by Gasteiger charge is 2.19. The summed E-state index contributed by atoms with van der Waals surface area (Å²) in [6.45, 7) is 2.32. The minimum Gasteiger partial charge on any atom is -0.0853 e. The van der Waals surface area contributed by atoms with Gasteiger partial charge in [-0.15, -0.1) is 0 Å². The van der Waals surface area contributed by atoms with Crippen LogP contribution in [0, 0.1) is 11.8 Å². The fourth-order valence-corrected chi connectivity index (χ4v) is 4.28. The van der Waals surface area contributed by atoms with E-state index in [-0.39, 0.29) is 0 Å². The number of rotatable bonds is 7. The maximum Gasteiger partial charge on any atom is -0.0292 e. The van der Waals surface area contributed by atoms with Gasteiger partial charge in [-0.1, -0.05) is 95.6 Å². The molecule has 2 rings (SSSR count). The zero-order valence-electron chi connectivity index (χ0n) is 13.8. The molecule has 0 radical (unpaired) electrons. The molecule has 0 N–H and O–H groups in total. The van der Waals surface area contributed by atoms with Crippen molar-refractivity contribution in [3.63, 3.8) is 0 Å². The number of hydrogen-bond donors (Lipinski definition) is 0. The first-order valence-electron chi connectivity index (χ1n) is 9.56. The molecule has 0 spiro atoms. The van der Waals surface area contributed by atoms with Crippen molar-refractivity contribution in [3.8, 4) is 0 Å². The first-order chi connectivity index (χ1) is 9.88. The Morgan fingerprint density at radius 1 is 0.800 bits per heavy atom. The second kappa shape index (κ2) is 9.64. The van der Waals surface area contributed by atoms with Gasteiger partial charge in [-0.3, -0.25) is 0 Å². The molecule has 0 heteroatoms. The van der Waals surface area contributed by atoms with E-state index < -0.39 is 0 Å². The molecule has 0 nitrogen and oxygen atoms in total. The van der Waals surface area contributed by atoms with E-state index in [9.17, 15) is 0 Å². The summed E-state index contributed by atoms with van der Waals surface area (Å²) in [6.07, 6.45) is 24.6. The molecule has 0 aliphatic heterocycles. The summed E-state index contributed by atoms with van der Waals surface area (Å²) in [4.78, 5) is 0. The third-order valence-corrected chi connectivity index (χ3v) is 5.54. The van der Waals surface area contributed by atoms with Crippen molar-refractivity contribution in [2.24, 2.45) is 11.8 Å². The van der Waals surface area contributed by atoms with Gasteiger partial charge in [0, 0.05) is 0 Å². The Bertz CT molecular complexity index is 242. The SMILES string of the molecule is CCCCC=C(CC1CCCCC1)CC1CCCCC1. The van der Waals surface area contributed by atoms with Gasteiger partial charge in [0.1, 0.15) is 0 Å². The minimum atomic E-state index is 1.03. The third-order valence-electron chi connectivity index (χ3n) is 5.54. The van der Waals surface area contributed by atoms with Crippen LogP contribution in [0.4, 0.5) is 0 Å². The van der Waals surface area contributed by atoms with Crippen LogP contribution in [0.3, 0.4) is 0 Å². The first-order valence-corrected chi connectivity index (χ1v) is 9.56. The van der Waals surface area contributed by atoms with Crippen molar-refractivity contribution in [2.75, 3.05) is 0 Å². The molecule has 2 saturated carbocycles. The van der Waals surface area contributed by atoms with Gasteiger partial charge in [-0.05, 0) is 31.1 Å². The van der Waals surface area contributed by atoms with Crippen LogP contribution in [-0.2, 0) is 0 Å². The van der Waals surface area contributed by atoms with Gasteiger partial charge in [0.05, 0.1) is 0 Å². The molecule has 0 atom stereocenters. The van der Waals surface area contributed by atoms with Crippen molar-refractivity contribution in [1.29, 1.82) is 0 Å². The van der Waals surface area contributed by atoms with Gasteiger partial charge in [0.25, 0.3) is 0 Å². The Morgan fingerprint density at radius 2 is 1.30 bits per heavy atom. The van der Waals surface area contributed by atoms with Crippen LogP contribution < -0.4 is 0 Å². The van der Waals surface area contributed by atoms with Gasteiger partial charge in [-0.25, -0.2) is 0 Å². The van der Waals surface area contributed by atoms with Crippen LogP contribution in [0.1, 0.15) is 103 Å². The highest BCUT2D eigenvalue weighted by atomic mass is 14.2. The predicted molar refractivity (Wildman–Crippen MR) is 90.0 cm³/mol. The maximum atomic E-state index is 2.65. The van der Waals surface area contributed by atoms with E-state index >= 15 is 0 Å². The monoisotopic (exact) mass is 276 g/mol. The van der Waals surface area contributed by atoms with Crippen LogP contribution in [0.25, 0.3) is 0 Å². The average Bonchev–Trinajstić information content (AvgIpc) is 2.49. The molecule has 0 saturated heterocycles. The molecule has 0 heterocycles. The zero-order chi connectivity index (χ0) is 14.0. The first kappa shape index (κ1) is 16.1. The quantitative estimate of drug-likeness (QED) is 0.345. The average molecular weight is 277 g/mol. The van der Waals surface area contributed by atoms with E-state index in [2.05, 4.69) is 13.0 Å². The molecular weight excluding hydrogens is 240 g/mol. The van der Waals surface area contributed by atoms with E-state index in [1.165, 1.54) is 96.3 Å². The normalized spacial score (nSPS) is 21.9. The largest absolute Gasteiger partial charge is 0.0853 e.